The Bertz CT molecular complexity index is 1080. The van der Waals surface area contributed by atoms with Crippen LogP contribution in [0, 0.1) is 0 Å². The lowest BCUT2D eigenvalue weighted by Crippen LogP contribution is -2.35. The van der Waals surface area contributed by atoms with Crippen molar-refractivity contribution in [3.8, 4) is 11.5 Å². The maximum atomic E-state index is 13.2. The average molecular weight is 473 g/mol. The predicted molar refractivity (Wildman–Crippen MR) is 128 cm³/mol. The monoisotopic (exact) mass is 472 g/mol. The molecule has 0 bridgehead atoms. The summed E-state index contributed by atoms with van der Waals surface area (Å²) < 4.78 is 11.2. The highest BCUT2D eigenvalue weighted by Crippen LogP contribution is 2.43. The van der Waals surface area contributed by atoms with Crippen molar-refractivity contribution < 1.29 is 24.2 Å². The van der Waals surface area contributed by atoms with Crippen LogP contribution in [0.25, 0.3) is 5.76 Å². The summed E-state index contributed by atoms with van der Waals surface area (Å²) in [6, 6.07) is 11.2. The third-order valence-electron chi connectivity index (χ3n) is 5.33. The van der Waals surface area contributed by atoms with E-state index in [4.69, 9.17) is 21.1 Å². The highest BCUT2D eigenvalue weighted by atomic mass is 35.5. The highest BCUT2D eigenvalue weighted by molar-refractivity contribution is 6.46. The van der Waals surface area contributed by atoms with E-state index >= 15 is 0 Å². The Hall–Kier alpha value is -3.03. The van der Waals surface area contributed by atoms with E-state index in [9.17, 15) is 14.7 Å². The first-order valence-electron chi connectivity index (χ1n) is 10.7. The fourth-order valence-corrected chi connectivity index (χ4v) is 3.97. The van der Waals surface area contributed by atoms with Crippen molar-refractivity contribution in [1.29, 1.82) is 0 Å². The maximum absolute atomic E-state index is 13.2. The Morgan fingerprint density at radius 3 is 2.48 bits per heavy atom. The van der Waals surface area contributed by atoms with Gasteiger partial charge in [0.25, 0.3) is 11.7 Å². The van der Waals surface area contributed by atoms with E-state index in [-0.39, 0.29) is 17.4 Å². The van der Waals surface area contributed by atoms with Crippen LogP contribution in [0.1, 0.15) is 31.0 Å². The molecular weight excluding hydrogens is 444 g/mol. The molecule has 1 fully saturated rings. The number of aliphatic hydroxyl groups is 1. The number of likely N-dealkylation sites (N-methyl/N-ethyl adjacent to an activating group) is 1. The second kappa shape index (κ2) is 10.3. The third-order valence-corrected chi connectivity index (χ3v) is 5.64. The van der Waals surface area contributed by atoms with Crippen LogP contribution >= 0.6 is 11.6 Å². The zero-order valence-corrected chi connectivity index (χ0v) is 20.2. The van der Waals surface area contributed by atoms with E-state index in [1.54, 1.807) is 24.3 Å². The number of amides is 1. The Morgan fingerprint density at radius 1 is 1.15 bits per heavy atom. The van der Waals surface area contributed by atoms with E-state index in [2.05, 4.69) is 0 Å². The number of ketones is 1. The minimum absolute atomic E-state index is 0.00272. The lowest BCUT2D eigenvalue weighted by Gasteiger charge is -2.28. The second-order valence-corrected chi connectivity index (χ2v) is 8.76. The largest absolute Gasteiger partial charge is 0.507 e. The fraction of sp³-hybridized carbons (Fsp3) is 0.360. The van der Waals surface area contributed by atoms with Gasteiger partial charge >= 0.3 is 0 Å². The van der Waals surface area contributed by atoms with Crippen LogP contribution in [0.2, 0.25) is 5.02 Å². The number of nitrogens with zero attached hydrogens (tertiary/aromatic N) is 2. The molecule has 0 spiro atoms. The first-order chi connectivity index (χ1) is 15.6. The van der Waals surface area contributed by atoms with E-state index in [0.29, 0.717) is 40.7 Å². The van der Waals surface area contributed by atoms with Crippen molar-refractivity contribution in [2.45, 2.75) is 26.0 Å². The molecule has 0 aromatic heterocycles. The zero-order chi connectivity index (χ0) is 24.3. The molecule has 7 nitrogen and oxygen atoms in total. The summed E-state index contributed by atoms with van der Waals surface area (Å²) in [6.45, 7) is 4.66. The minimum atomic E-state index is -0.804. The number of Topliss-reactive ketones (excluding diaryl/α,β-unsaturated/α-hetero) is 1. The van der Waals surface area contributed by atoms with Gasteiger partial charge < -0.3 is 24.4 Å². The summed E-state index contributed by atoms with van der Waals surface area (Å²) in [5.74, 6) is -0.801. The quantitative estimate of drug-likeness (QED) is 0.353. The van der Waals surface area contributed by atoms with Gasteiger partial charge in [0.1, 0.15) is 17.3 Å². The number of ether oxygens (including phenoxy) is 2. The summed E-state index contributed by atoms with van der Waals surface area (Å²) in [4.78, 5) is 29.7. The van der Waals surface area contributed by atoms with Crippen LogP contribution in [0.15, 0.2) is 48.0 Å². The third kappa shape index (κ3) is 5.15. The van der Waals surface area contributed by atoms with Crippen molar-refractivity contribution in [1.82, 2.24) is 9.80 Å². The molecule has 176 valence electrons. The Labute approximate surface area is 199 Å². The van der Waals surface area contributed by atoms with Gasteiger partial charge in [0.2, 0.25) is 0 Å². The van der Waals surface area contributed by atoms with Crippen LogP contribution in [0.3, 0.4) is 0 Å². The molecule has 1 aliphatic rings. The molecule has 1 aliphatic heterocycles. The number of hydrogen-bond acceptors (Lipinski definition) is 6. The van der Waals surface area contributed by atoms with Crippen LogP contribution in [-0.4, -0.2) is 67.0 Å². The van der Waals surface area contributed by atoms with Crippen LogP contribution in [0.5, 0.6) is 11.5 Å². The molecule has 1 unspecified atom stereocenters. The predicted octanol–water partition coefficient (Wildman–Crippen LogP) is 4.12. The molecule has 33 heavy (non-hydrogen) atoms. The number of aliphatic hydroxyl groups excluding tert-OH is 1. The first-order valence-corrected chi connectivity index (χ1v) is 11.1. The molecule has 8 heteroatoms. The van der Waals surface area contributed by atoms with Crippen molar-refractivity contribution in [3.05, 3.63) is 64.2 Å². The van der Waals surface area contributed by atoms with Crippen molar-refractivity contribution in [3.63, 3.8) is 0 Å². The Morgan fingerprint density at radius 2 is 1.85 bits per heavy atom. The van der Waals surface area contributed by atoms with Gasteiger partial charge in [0, 0.05) is 24.2 Å². The number of hydrogen-bond donors (Lipinski definition) is 1. The number of benzene rings is 2. The number of halogens is 1. The number of carbonyl (C=O) groups excluding carboxylic acids is 2. The summed E-state index contributed by atoms with van der Waals surface area (Å²) >= 11 is 6.13. The number of carbonyl (C=O) groups is 2. The van der Waals surface area contributed by atoms with Crippen LogP contribution in [-0.2, 0) is 9.59 Å². The van der Waals surface area contributed by atoms with Gasteiger partial charge in [-0.3, -0.25) is 9.59 Å². The number of likely N-dealkylation sites (tertiary alicyclic amines) is 1. The molecule has 1 atom stereocenters. The summed E-state index contributed by atoms with van der Waals surface area (Å²) in [6.07, 6.45) is -0.115. The molecule has 1 amide bonds. The molecule has 3 rings (SSSR count). The van der Waals surface area contributed by atoms with E-state index in [1.807, 2.05) is 51.0 Å². The Kier molecular flexibility index (Phi) is 7.66. The minimum Gasteiger partial charge on any atom is -0.507 e. The normalized spacial score (nSPS) is 17.8. The second-order valence-electron chi connectivity index (χ2n) is 8.35. The first kappa shape index (κ1) is 24.6. The van der Waals surface area contributed by atoms with E-state index < -0.39 is 17.7 Å². The smallest absolute Gasteiger partial charge is 0.295 e. The standard InChI is InChI=1S/C25H29ClN2O5/c1-15(2)33-19-9-7-6-8-17(19)22-21(24(30)25(31)28(22)13-12-27(3)4)23(29)16-10-11-18(26)20(14-16)32-5/h6-11,14-15,22,29H,12-13H2,1-5H3/b23-21-. The molecule has 1 saturated heterocycles. The fourth-order valence-electron chi connectivity index (χ4n) is 3.77. The van der Waals surface area contributed by atoms with Gasteiger partial charge in [0.15, 0.2) is 0 Å². The van der Waals surface area contributed by atoms with E-state index in [1.165, 1.54) is 12.0 Å². The number of para-hydroxylation sites is 1. The topological polar surface area (TPSA) is 79.3 Å². The van der Waals surface area contributed by atoms with Gasteiger partial charge in [-0.2, -0.15) is 0 Å². The van der Waals surface area contributed by atoms with Gasteiger partial charge in [-0.05, 0) is 52.2 Å². The van der Waals surface area contributed by atoms with Gasteiger partial charge in [-0.1, -0.05) is 29.8 Å². The van der Waals surface area contributed by atoms with Gasteiger partial charge in [0.05, 0.1) is 29.9 Å². The molecule has 2 aromatic carbocycles. The highest BCUT2D eigenvalue weighted by Gasteiger charge is 2.47. The lowest BCUT2D eigenvalue weighted by molar-refractivity contribution is -0.140. The molecule has 1 heterocycles. The zero-order valence-electron chi connectivity index (χ0n) is 19.5. The molecular formula is C25H29ClN2O5. The Balaban J connectivity index is 2.22. The molecule has 0 aliphatic carbocycles. The molecule has 0 radical (unpaired) electrons. The van der Waals surface area contributed by atoms with Crippen molar-refractivity contribution in [2.75, 3.05) is 34.3 Å². The summed E-state index contributed by atoms with van der Waals surface area (Å²) in [5, 5.41) is 11.6. The molecule has 1 N–H and O–H groups in total. The number of rotatable bonds is 8. The lowest BCUT2D eigenvalue weighted by atomic mass is 9.94. The summed E-state index contributed by atoms with van der Waals surface area (Å²) in [7, 11) is 5.24. The summed E-state index contributed by atoms with van der Waals surface area (Å²) in [5.41, 5.74) is 0.962. The SMILES string of the molecule is COc1cc(/C(O)=C2/C(=O)C(=O)N(CCN(C)C)C2c2ccccc2OC(C)C)ccc1Cl. The van der Waals surface area contributed by atoms with Crippen LogP contribution < -0.4 is 9.47 Å². The van der Waals surface area contributed by atoms with Crippen molar-refractivity contribution >= 4 is 29.1 Å². The van der Waals surface area contributed by atoms with Crippen molar-refractivity contribution in [2.24, 2.45) is 0 Å². The van der Waals surface area contributed by atoms with Gasteiger partial charge in [-0.25, -0.2) is 0 Å². The van der Waals surface area contributed by atoms with E-state index in [0.717, 1.165) is 0 Å². The number of methoxy groups -OCH3 is 1. The van der Waals surface area contributed by atoms with Crippen LogP contribution in [0.4, 0.5) is 0 Å². The average Bonchev–Trinajstić information content (AvgIpc) is 3.02. The maximum Gasteiger partial charge on any atom is 0.295 e. The van der Waals surface area contributed by atoms with Gasteiger partial charge in [-0.15, -0.1) is 0 Å². The molecule has 2 aromatic rings. The molecule has 0 saturated carbocycles.